The molecule has 4 fully saturated rings. The monoisotopic (exact) mass is 1120 g/mol. The van der Waals surface area contributed by atoms with Gasteiger partial charge in [0.05, 0.1) is 20.2 Å². The smallest absolute Gasteiger partial charge is 0.221 e. The van der Waals surface area contributed by atoms with Crippen LogP contribution in [-0.4, -0.2) is 142 Å². The molecule has 14 nitrogen and oxygen atoms in total. The van der Waals surface area contributed by atoms with Crippen LogP contribution in [-0.2, 0) is 38.4 Å². The number of carbonyl (C=O) groups excluding carboxylic acids is 8. The van der Waals surface area contributed by atoms with Crippen molar-refractivity contribution < 1.29 is 48.6 Å². The maximum absolute atomic E-state index is 13.2. The molecule has 4 N–H and O–H groups in total. The van der Waals surface area contributed by atoms with Gasteiger partial charge in [-0.15, -0.1) is 47.0 Å². The van der Waals surface area contributed by atoms with Gasteiger partial charge in [0, 0.05) is 74.6 Å². The van der Waals surface area contributed by atoms with E-state index < -0.39 is 65.6 Å². The Morgan fingerprint density at radius 3 is 1.35 bits per heavy atom. The lowest BCUT2D eigenvalue weighted by molar-refractivity contribution is -0.135. The molecule has 410 valence electrons. The van der Waals surface area contributed by atoms with Crippen molar-refractivity contribution in [2.75, 3.05) is 43.1 Å². The fourth-order valence-electron chi connectivity index (χ4n) is 10.0. The molecule has 8 atom stereocenters. The first-order valence-corrected chi connectivity index (χ1v) is 30.4. The van der Waals surface area contributed by atoms with Gasteiger partial charge in [-0.25, -0.2) is 4.42 Å². The predicted octanol–water partition coefficient (Wildman–Crippen LogP) is 8.35. The number of amides is 2. The number of carbonyl (C=O) groups is 8. The summed E-state index contributed by atoms with van der Waals surface area (Å²) in [7, 11) is 1.98. The molecule has 0 radical (unpaired) electrons. The highest BCUT2D eigenvalue weighted by molar-refractivity contribution is 8.21. The number of likely N-dealkylation sites (tertiary alicyclic amines) is 1. The maximum atomic E-state index is 13.2. The molecule has 2 aromatic carbocycles. The van der Waals surface area contributed by atoms with Gasteiger partial charge >= 0.3 is 0 Å². The van der Waals surface area contributed by atoms with E-state index in [1.807, 2.05) is 93.9 Å². The highest BCUT2D eigenvalue weighted by Gasteiger charge is 2.50. The number of nitrogens with one attached hydrogen (secondary N) is 2. The summed E-state index contributed by atoms with van der Waals surface area (Å²) in [5.41, 5.74) is 1.35. The first kappa shape index (κ1) is 63.5. The summed E-state index contributed by atoms with van der Waals surface area (Å²) >= 11 is 14.0. The Labute approximate surface area is 461 Å². The number of nitrogens with zero attached hydrogens (tertiary/aromatic N) is 2. The summed E-state index contributed by atoms with van der Waals surface area (Å²) in [4.78, 5) is 103. The fourth-order valence-corrected chi connectivity index (χ4v) is 17.2. The quantitative estimate of drug-likeness (QED) is 0.0653. The third-order valence-corrected chi connectivity index (χ3v) is 21.0. The molecule has 0 bridgehead atoms. The van der Waals surface area contributed by atoms with Crippen molar-refractivity contribution in [1.29, 1.82) is 0 Å². The van der Waals surface area contributed by atoms with Crippen molar-refractivity contribution in [3.05, 3.63) is 71.8 Å². The summed E-state index contributed by atoms with van der Waals surface area (Å²) < 4.78 is 1.64. The van der Waals surface area contributed by atoms with E-state index in [0.29, 0.717) is 43.4 Å². The van der Waals surface area contributed by atoms with E-state index >= 15 is 0 Å². The molecule has 0 saturated carbocycles. The number of rotatable bonds is 26. The van der Waals surface area contributed by atoms with Crippen LogP contribution in [0.25, 0.3) is 0 Å². The van der Waals surface area contributed by atoms with Crippen LogP contribution in [0.3, 0.4) is 0 Å². The third kappa shape index (κ3) is 18.6. The van der Waals surface area contributed by atoms with Gasteiger partial charge in [0.15, 0.2) is 28.9 Å². The van der Waals surface area contributed by atoms with Crippen molar-refractivity contribution in [2.45, 2.75) is 163 Å². The molecular weight excluding hydrogens is 1040 g/mol. The molecular formula is C55H79ClN4O10S4. The van der Waals surface area contributed by atoms with Gasteiger partial charge in [0.2, 0.25) is 11.8 Å². The lowest BCUT2D eigenvalue weighted by Crippen LogP contribution is -2.38. The number of aliphatic hydroxyl groups is 2. The number of benzene rings is 2. The van der Waals surface area contributed by atoms with E-state index in [-0.39, 0.29) is 75.9 Å². The maximum Gasteiger partial charge on any atom is 0.221 e. The Hall–Kier alpha value is -3.07. The molecule has 19 heteroatoms. The Bertz CT molecular complexity index is 2030. The van der Waals surface area contributed by atoms with Gasteiger partial charge in [0.1, 0.15) is 30.1 Å². The van der Waals surface area contributed by atoms with Crippen LogP contribution in [0.15, 0.2) is 60.7 Å². The second-order valence-electron chi connectivity index (χ2n) is 19.4. The number of hydrogen-bond donors (Lipinski definition) is 4. The Morgan fingerprint density at radius 2 is 0.973 bits per heavy atom. The van der Waals surface area contributed by atoms with E-state index in [1.165, 1.54) is 13.8 Å². The molecule has 4 unspecified atom stereocenters. The van der Waals surface area contributed by atoms with Crippen LogP contribution < -0.4 is 10.6 Å². The van der Waals surface area contributed by atoms with Crippen molar-refractivity contribution in [3.63, 3.8) is 0 Å². The minimum Gasteiger partial charge on any atom is -0.385 e. The largest absolute Gasteiger partial charge is 0.385 e. The number of ketones is 6. The molecule has 4 saturated heterocycles. The molecule has 4 aliphatic heterocycles. The zero-order chi connectivity index (χ0) is 54.6. The first-order valence-electron chi connectivity index (χ1n) is 26.2. The van der Waals surface area contributed by atoms with E-state index in [2.05, 4.69) is 15.5 Å². The van der Waals surface area contributed by atoms with Crippen molar-refractivity contribution in [2.24, 2.45) is 11.8 Å². The summed E-state index contributed by atoms with van der Waals surface area (Å²) in [6.07, 6.45) is 1.08. The van der Waals surface area contributed by atoms with E-state index in [9.17, 15) is 48.6 Å². The number of Topliss-reactive ketones (excluding diaryl/α,β-unsaturated/α-hetero) is 6. The van der Waals surface area contributed by atoms with Crippen molar-refractivity contribution in [1.82, 2.24) is 20.0 Å². The van der Waals surface area contributed by atoms with Crippen LogP contribution in [0, 0.1) is 11.8 Å². The standard InChI is InChI=1S/C27H38N2O5S2.C26H35ClN2O5S2.C2H6/c1-4-8-20(15-23(32)21-16-27(17-29(21)3)35-13-14-36-27)26(34)22(31)11-12-24(33)28-25(18(2)30)19-9-6-5-7-10-19;1-3-7-19(14-22(32)20-15-26(16-29(20)27)35-12-13-36-26)25(34)21(31)10-11-23(33)28-24(17(2)30)18-8-5-4-6-9-18;1-2/h5-7,9-10,20-21,25-26,34H,4,8,11-17H2,1-3H3,(H,28,33);4-6,8-9,19-20,24-25,34H,3,7,10-16H2,1-2H3,(H,28,33);1-2H3/t20?,21-,25+,26?;19?,20-,24+,25?;/m00./s1. The zero-order valence-corrected chi connectivity index (χ0v) is 48.2. The number of likely N-dealkylation sites (N-methyl/N-ethyl adjacent to an activating group) is 1. The summed E-state index contributed by atoms with van der Waals surface area (Å²) in [5, 5.41) is 27.0. The highest BCUT2D eigenvalue weighted by atomic mass is 35.5. The lowest BCUT2D eigenvalue weighted by atomic mass is 9.86. The van der Waals surface area contributed by atoms with Crippen LogP contribution >= 0.6 is 58.8 Å². The van der Waals surface area contributed by atoms with E-state index in [1.54, 1.807) is 52.9 Å². The van der Waals surface area contributed by atoms with Gasteiger partial charge in [-0.3, -0.25) is 43.3 Å². The topological polar surface area (TPSA) is 208 Å². The van der Waals surface area contributed by atoms with Gasteiger partial charge in [-0.1, -0.05) is 101 Å². The van der Waals surface area contributed by atoms with E-state index in [4.69, 9.17) is 11.8 Å². The van der Waals surface area contributed by atoms with Crippen LogP contribution in [0.5, 0.6) is 0 Å². The Balaban J connectivity index is 0.000000310. The number of aliphatic hydroxyl groups excluding tert-OH is 2. The summed E-state index contributed by atoms with van der Waals surface area (Å²) in [5.74, 6) is 1.19. The van der Waals surface area contributed by atoms with Gasteiger partial charge in [-0.05, 0) is 81.3 Å². The second-order valence-corrected chi connectivity index (χ2v) is 26.3. The van der Waals surface area contributed by atoms with Crippen molar-refractivity contribution >= 4 is 105 Å². The molecule has 0 aromatic heterocycles. The normalized spacial score (nSPS) is 21.2. The van der Waals surface area contributed by atoms with Crippen molar-refractivity contribution in [3.8, 4) is 0 Å². The van der Waals surface area contributed by atoms with Gasteiger partial charge in [-0.2, -0.15) is 0 Å². The average Bonchev–Trinajstić information content (AvgIpc) is 4.20. The van der Waals surface area contributed by atoms with Gasteiger partial charge in [0.25, 0.3) is 0 Å². The molecule has 4 aliphatic rings. The second kappa shape index (κ2) is 31.4. The van der Waals surface area contributed by atoms with Crippen LogP contribution in [0.2, 0.25) is 0 Å². The van der Waals surface area contributed by atoms with Crippen LogP contribution in [0.1, 0.15) is 142 Å². The molecule has 4 heterocycles. The highest BCUT2D eigenvalue weighted by Crippen LogP contribution is 2.53. The first-order chi connectivity index (χ1) is 35.3. The van der Waals surface area contributed by atoms with Crippen LogP contribution in [0.4, 0.5) is 0 Å². The summed E-state index contributed by atoms with van der Waals surface area (Å²) in [6.45, 7) is 12.2. The number of hydrogen-bond acceptors (Lipinski definition) is 16. The van der Waals surface area contributed by atoms with E-state index in [0.717, 1.165) is 42.4 Å². The fraction of sp³-hybridized carbons (Fsp3) is 0.636. The minimum absolute atomic E-state index is 0.0401. The van der Waals surface area contributed by atoms with Gasteiger partial charge < -0.3 is 20.8 Å². The molecule has 0 aliphatic carbocycles. The minimum atomic E-state index is -1.33. The predicted molar refractivity (Wildman–Crippen MR) is 301 cm³/mol. The zero-order valence-electron chi connectivity index (χ0n) is 44.2. The number of thioether (sulfide) groups is 4. The summed E-state index contributed by atoms with van der Waals surface area (Å²) in [6, 6.07) is 15.7. The average molecular weight is 1120 g/mol. The SMILES string of the molecule is CC.CCCC(CC(=O)[C@@H]1CC2(CN1C)SCCS2)C(O)C(=O)CCC(=O)N[C@H](C(C)=O)c1ccccc1.CCCC(CC(=O)[C@@H]1CC2(CN1Cl)SCCS2)C(O)C(=O)CCC(=O)N[C@H](C(C)=O)c1ccccc1. The molecule has 2 spiro atoms. The molecule has 74 heavy (non-hydrogen) atoms. The lowest BCUT2D eigenvalue weighted by Gasteiger charge is -2.24. The molecule has 6 rings (SSSR count). The Kier molecular flexibility index (Phi) is 26.9. The molecule has 2 aromatic rings. The molecule has 2 amide bonds. The third-order valence-electron chi connectivity index (χ3n) is 13.8. The number of halogens is 1. The Morgan fingerprint density at radius 1 is 0.608 bits per heavy atom.